The highest BCUT2D eigenvalue weighted by Gasteiger charge is 2.13. The van der Waals surface area contributed by atoms with Gasteiger partial charge in [0.1, 0.15) is 11.8 Å². The smallest absolute Gasteiger partial charge is 0.332 e. The number of hydrogen-bond donors (Lipinski definition) is 3. The molecule has 1 unspecified atom stereocenters. The second-order valence-electron chi connectivity index (χ2n) is 3.44. The van der Waals surface area contributed by atoms with Gasteiger partial charge in [-0.05, 0) is 12.1 Å². The normalized spacial score (nSPS) is 11.3. The van der Waals surface area contributed by atoms with Gasteiger partial charge in [-0.3, -0.25) is 4.79 Å². The molecular weight excluding hydrogens is 238 g/mol. The summed E-state index contributed by atoms with van der Waals surface area (Å²) < 4.78 is 0. The van der Waals surface area contributed by atoms with E-state index in [-0.39, 0.29) is 18.7 Å². The highest BCUT2D eigenvalue weighted by molar-refractivity contribution is 5.92. The predicted molar refractivity (Wildman–Crippen MR) is 59.5 cm³/mol. The summed E-state index contributed by atoms with van der Waals surface area (Å²) >= 11 is 0. The minimum absolute atomic E-state index is 0.0218. The van der Waals surface area contributed by atoms with Crippen LogP contribution in [0.25, 0.3) is 0 Å². The molecule has 7 nitrogen and oxygen atoms in total. The number of nitrogens with one attached hydrogen (secondary N) is 1. The molecule has 0 aliphatic rings. The number of nitriles is 1. The van der Waals surface area contributed by atoms with Crippen molar-refractivity contribution < 1.29 is 19.8 Å². The minimum Gasteiger partial charge on any atom is -0.479 e. The lowest BCUT2D eigenvalue weighted by Crippen LogP contribution is -2.30. The van der Waals surface area contributed by atoms with Gasteiger partial charge in [-0.2, -0.15) is 5.26 Å². The van der Waals surface area contributed by atoms with Crippen LogP contribution in [0.3, 0.4) is 0 Å². The first-order chi connectivity index (χ1) is 8.54. The molecule has 0 spiro atoms. The predicted octanol–water partition coefficient (Wildman–Crippen LogP) is -0.481. The van der Waals surface area contributed by atoms with E-state index in [0.29, 0.717) is 5.56 Å². The fourth-order valence-electron chi connectivity index (χ4n) is 1.13. The summed E-state index contributed by atoms with van der Waals surface area (Å²) in [6.45, 7) is 0.0218. The summed E-state index contributed by atoms with van der Waals surface area (Å²) in [5.41, 5.74) is 0.465. The van der Waals surface area contributed by atoms with Crippen LogP contribution in [0.5, 0.6) is 0 Å². The van der Waals surface area contributed by atoms with Crippen LogP contribution in [-0.4, -0.2) is 39.7 Å². The number of rotatable bonds is 5. The third-order valence-corrected chi connectivity index (χ3v) is 2.11. The van der Waals surface area contributed by atoms with Crippen molar-refractivity contribution in [3.05, 3.63) is 29.6 Å². The number of aliphatic hydroxyl groups excluding tert-OH is 1. The van der Waals surface area contributed by atoms with Gasteiger partial charge in [0.25, 0.3) is 5.91 Å². The Kier molecular flexibility index (Phi) is 4.78. The average molecular weight is 249 g/mol. The van der Waals surface area contributed by atoms with Gasteiger partial charge in [0, 0.05) is 19.2 Å². The van der Waals surface area contributed by atoms with Gasteiger partial charge in [0.2, 0.25) is 0 Å². The van der Waals surface area contributed by atoms with E-state index in [1.54, 1.807) is 0 Å². The first kappa shape index (κ1) is 13.6. The Labute approximate surface area is 103 Å². The number of aliphatic hydroxyl groups is 1. The molecule has 0 aliphatic heterocycles. The number of carboxylic acid groups (broad SMARTS) is 1. The van der Waals surface area contributed by atoms with Gasteiger partial charge in [-0.15, -0.1) is 0 Å². The van der Waals surface area contributed by atoms with Crippen molar-refractivity contribution in [1.82, 2.24) is 10.3 Å². The molecule has 0 saturated heterocycles. The molecule has 0 radical (unpaired) electrons. The quantitative estimate of drug-likeness (QED) is 0.647. The van der Waals surface area contributed by atoms with Crippen LogP contribution < -0.4 is 5.32 Å². The van der Waals surface area contributed by atoms with E-state index < -0.39 is 18.0 Å². The van der Waals surface area contributed by atoms with E-state index >= 15 is 0 Å². The first-order valence-corrected chi connectivity index (χ1v) is 5.10. The summed E-state index contributed by atoms with van der Waals surface area (Å²) in [4.78, 5) is 25.6. The highest BCUT2D eigenvalue weighted by Crippen LogP contribution is 1.99. The van der Waals surface area contributed by atoms with Crippen molar-refractivity contribution in [3.8, 4) is 6.07 Å². The van der Waals surface area contributed by atoms with Crippen LogP contribution >= 0.6 is 0 Å². The molecule has 1 aromatic heterocycles. The molecule has 3 N–H and O–H groups in total. The zero-order valence-corrected chi connectivity index (χ0v) is 9.33. The van der Waals surface area contributed by atoms with Gasteiger partial charge < -0.3 is 15.5 Å². The maximum Gasteiger partial charge on any atom is 0.332 e. The lowest BCUT2D eigenvalue weighted by molar-refractivity contribution is -0.146. The fourth-order valence-corrected chi connectivity index (χ4v) is 1.13. The van der Waals surface area contributed by atoms with E-state index in [2.05, 4.69) is 10.3 Å². The van der Waals surface area contributed by atoms with Crippen molar-refractivity contribution in [2.24, 2.45) is 0 Å². The van der Waals surface area contributed by atoms with Gasteiger partial charge in [-0.25, -0.2) is 9.78 Å². The zero-order chi connectivity index (χ0) is 13.5. The molecule has 18 heavy (non-hydrogen) atoms. The zero-order valence-electron chi connectivity index (χ0n) is 9.33. The van der Waals surface area contributed by atoms with Crippen molar-refractivity contribution in [3.63, 3.8) is 0 Å². The van der Waals surface area contributed by atoms with E-state index in [9.17, 15) is 9.59 Å². The summed E-state index contributed by atoms with van der Waals surface area (Å²) in [6, 6.07) is 4.71. The largest absolute Gasteiger partial charge is 0.479 e. The standard InChI is InChI=1S/C11H11N3O4/c12-5-7-1-2-8(14-6-7)10(16)13-4-3-9(15)11(17)18/h1-2,6,9,15H,3-4H2,(H,13,16)(H,17,18). The second-order valence-corrected chi connectivity index (χ2v) is 3.44. The molecule has 0 saturated carbocycles. The third kappa shape index (κ3) is 3.84. The Bertz CT molecular complexity index is 478. The average Bonchev–Trinajstić information content (AvgIpc) is 2.38. The third-order valence-electron chi connectivity index (χ3n) is 2.11. The second kappa shape index (κ2) is 6.32. The summed E-state index contributed by atoms with van der Waals surface area (Å²) in [7, 11) is 0. The molecule has 0 bridgehead atoms. The number of pyridine rings is 1. The van der Waals surface area contributed by atoms with Gasteiger partial charge in [0.15, 0.2) is 6.10 Å². The Morgan fingerprint density at radius 2 is 2.22 bits per heavy atom. The van der Waals surface area contributed by atoms with Crippen molar-refractivity contribution in [2.45, 2.75) is 12.5 Å². The van der Waals surface area contributed by atoms with E-state index in [4.69, 9.17) is 15.5 Å². The Morgan fingerprint density at radius 3 is 2.72 bits per heavy atom. The van der Waals surface area contributed by atoms with Crippen LogP contribution in [-0.2, 0) is 4.79 Å². The number of carbonyl (C=O) groups is 2. The molecule has 1 heterocycles. The van der Waals surface area contributed by atoms with Gasteiger partial charge >= 0.3 is 5.97 Å². The van der Waals surface area contributed by atoms with Crippen molar-refractivity contribution in [2.75, 3.05) is 6.54 Å². The SMILES string of the molecule is N#Cc1ccc(C(=O)NCCC(O)C(=O)O)nc1. The molecule has 0 aliphatic carbocycles. The molecule has 1 atom stereocenters. The number of aliphatic carboxylic acids is 1. The monoisotopic (exact) mass is 249 g/mol. The topological polar surface area (TPSA) is 123 Å². The number of carbonyl (C=O) groups excluding carboxylic acids is 1. The number of carboxylic acids is 1. The summed E-state index contributed by atoms with van der Waals surface area (Å²) in [5, 5.41) is 28.4. The van der Waals surface area contributed by atoms with Crippen LogP contribution in [0.1, 0.15) is 22.5 Å². The number of aromatic nitrogens is 1. The maximum atomic E-state index is 11.5. The van der Waals surface area contributed by atoms with Crippen LogP contribution in [0.15, 0.2) is 18.3 Å². The summed E-state index contributed by atoms with van der Waals surface area (Å²) in [6.07, 6.45) is -0.322. The number of amides is 1. The fraction of sp³-hybridized carbons (Fsp3) is 0.273. The molecule has 1 amide bonds. The van der Waals surface area contributed by atoms with E-state index in [0.717, 1.165) is 0 Å². The Hall–Kier alpha value is -2.46. The lowest BCUT2D eigenvalue weighted by atomic mass is 10.2. The molecular formula is C11H11N3O4. The van der Waals surface area contributed by atoms with Crippen molar-refractivity contribution >= 4 is 11.9 Å². The van der Waals surface area contributed by atoms with E-state index in [1.165, 1.54) is 18.3 Å². The first-order valence-electron chi connectivity index (χ1n) is 5.10. The molecule has 94 valence electrons. The Balaban J connectivity index is 2.46. The Morgan fingerprint density at radius 1 is 1.50 bits per heavy atom. The molecule has 7 heteroatoms. The van der Waals surface area contributed by atoms with Crippen LogP contribution in [0, 0.1) is 11.3 Å². The number of hydrogen-bond acceptors (Lipinski definition) is 5. The van der Waals surface area contributed by atoms with E-state index in [1.807, 2.05) is 6.07 Å². The van der Waals surface area contributed by atoms with Crippen molar-refractivity contribution in [1.29, 1.82) is 5.26 Å². The molecule has 0 fully saturated rings. The summed E-state index contributed by atoms with van der Waals surface area (Å²) in [5.74, 6) is -1.82. The maximum absolute atomic E-state index is 11.5. The van der Waals surface area contributed by atoms with Crippen LogP contribution in [0.4, 0.5) is 0 Å². The van der Waals surface area contributed by atoms with Gasteiger partial charge in [0.05, 0.1) is 5.56 Å². The molecule has 0 aromatic carbocycles. The molecule has 1 aromatic rings. The minimum atomic E-state index is -1.50. The van der Waals surface area contributed by atoms with Gasteiger partial charge in [-0.1, -0.05) is 0 Å². The molecule has 1 rings (SSSR count). The highest BCUT2D eigenvalue weighted by atomic mass is 16.4. The number of nitrogens with zero attached hydrogens (tertiary/aromatic N) is 2. The van der Waals surface area contributed by atoms with Crippen LogP contribution in [0.2, 0.25) is 0 Å². The lowest BCUT2D eigenvalue weighted by Gasteiger charge is -2.06.